The minimum atomic E-state index is -0.368. The average Bonchev–Trinajstić information content (AvgIpc) is 3.21. The summed E-state index contributed by atoms with van der Waals surface area (Å²) in [6.45, 7) is 4.18. The van der Waals surface area contributed by atoms with Gasteiger partial charge in [0.2, 0.25) is 17.7 Å². The molecule has 0 aliphatic carbocycles. The molecule has 2 heterocycles. The lowest BCUT2D eigenvalue weighted by Gasteiger charge is -2.26. The van der Waals surface area contributed by atoms with Gasteiger partial charge in [-0.15, -0.1) is 0 Å². The first-order chi connectivity index (χ1) is 13.1. The molecule has 0 aromatic carbocycles. The zero-order valence-electron chi connectivity index (χ0n) is 16.6. The van der Waals surface area contributed by atoms with Crippen molar-refractivity contribution >= 4 is 17.7 Å². The number of likely N-dealkylation sites (tertiary alicyclic amines) is 2. The lowest BCUT2D eigenvalue weighted by Crippen LogP contribution is -2.46. The maximum Gasteiger partial charge on any atom is 0.239 e. The smallest absolute Gasteiger partial charge is 0.239 e. The van der Waals surface area contributed by atoms with E-state index in [0.717, 1.165) is 77.7 Å². The van der Waals surface area contributed by atoms with Gasteiger partial charge >= 0.3 is 0 Å². The highest BCUT2D eigenvalue weighted by atomic mass is 16.2. The zero-order valence-corrected chi connectivity index (χ0v) is 16.6. The Balaban J connectivity index is 1.62. The summed E-state index contributed by atoms with van der Waals surface area (Å²) in [7, 11) is 0. The number of hydrogen-bond donors (Lipinski definition) is 2. The van der Waals surface area contributed by atoms with E-state index >= 15 is 0 Å². The molecule has 2 aliphatic rings. The number of nitrogens with two attached hydrogens (primary N) is 1. The Morgan fingerprint density at radius 3 is 2.11 bits per heavy atom. The van der Waals surface area contributed by atoms with E-state index < -0.39 is 0 Å². The van der Waals surface area contributed by atoms with E-state index in [1.165, 1.54) is 6.42 Å². The van der Waals surface area contributed by atoms with Gasteiger partial charge in [0, 0.05) is 39.0 Å². The van der Waals surface area contributed by atoms with Crippen molar-refractivity contribution in [3.8, 4) is 0 Å². The molecular formula is C20H36N4O3. The fourth-order valence-electron chi connectivity index (χ4n) is 3.91. The van der Waals surface area contributed by atoms with Gasteiger partial charge in [-0.1, -0.05) is 6.42 Å². The van der Waals surface area contributed by atoms with Crippen molar-refractivity contribution in [2.75, 3.05) is 32.7 Å². The largest absolute Gasteiger partial charge is 0.370 e. The third-order valence-corrected chi connectivity index (χ3v) is 5.56. The van der Waals surface area contributed by atoms with Gasteiger partial charge in [-0.05, 0) is 57.9 Å². The summed E-state index contributed by atoms with van der Waals surface area (Å²) in [4.78, 5) is 39.7. The fourth-order valence-corrected chi connectivity index (χ4v) is 3.91. The zero-order chi connectivity index (χ0) is 19.5. The lowest BCUT2D eigenvalue weighted by molar-refractivity contribution is -0.133. The number of primary amides is 1. The van der Waals surface area contributed by atoms with Crippen LogP contribution < -0.4 is 11.1 Å². The molecule has 154 valence electrons. The standard InChI is InChI=1S/C20H36N4O3/c21-18(25)11-10-17(20(27)24-15-7-8-16-24)22-12-4-1-3-9-19(26)23-13-5-2-6-14-23/h17,22H,1-16H2,(H2,21,25). The molecule has 27 heavy (non-hydrogen) atoms. The second-order valence-corrected chi connectivity index (χ2v) is 7.80. The normalized spacial score (nSPS) is 18.5. The minimum absolute atomic E-state index is 0.0917. The third kappa shape index (κ3) is 7.87. The Hall–Kier alpha value is -1.63. The second kappa shape index (κ2) is 12.0. The number of nitrogens with zero attached hydrogens (tertiary/aromatic N) is 2. The molecule has 1 unspecified atom stereocenters. The summed E-state index contributed by atoms with van der Waals surface area (Å²) < 4.78 is 0. The van der Waals surface area contributed by atoms with Crippen molar-refractivity contribution in [2.24, 2.45) is 5.73 Å². The molecular weight excluding hydrogens is 344 g/mol. The Morgan fingerprint density at radius 1 is 0.815 bits per heavy atom. The van der Waals surface area contributed by atoms with Crippen molar-refractivity contribution in [2.45, 2.75) is 76.7 Å². The van der Waals surface area contributed by atoms with Crippen LogP contribution in [-0.2, 0) is 14.4 Å². The number of carbonyl (C=O) groups excluding carboxylic acids is 3. The molecule has 2 rings (SSSR count). The van der Waals surface area contributed by atoms with Crippen LogP contribution in [0.3, 0.4) is 0 Å². The molecule has 0 radical (unpaired) electrons. The molecule has 0 bridgehead atoms. The molecule has 0 spiro atoms. The number of rotatable bonds is 11. The van der Waals surface area contributed by atoms with Gasteiger partial charge in [0.05, 0.1) is 6.04 Å². The van der Waals surface area contributed by atoms with Gasteiger partial charge in [0.1, 0.15) is 0 Å². The predicted molar refractivity (Wildman–Crippen MR) is 105 cm³/mol. The van der Waals surface area contributed by atoms with Crippen molar-refractivity contribution in [3.05, 3.63) is 0 Å². The first-order valence-corrected chi connectivity index (χ1v) is 10.7. The number of hydrogen-bond acceptors (Lipinski definition) is 4. The van der Waals surface area contributed by atoms with Gasteiger partial charge < -0.3 is 20.9 Å². The molecule has 2 fully saturated rings. The Labute approximate surface area is 163 Å². The summed E-state index contributed by atoms with van der Waals surface area (Å²) in [5.74, 6) is 0.00692. The van der Waals surface area contributed by atoms with Gasteiger partial charge in [0.15, 0.2) is 0 Å². The van der Waals surface area contributed by atoms with Crippen LogP contribution >= 0.6 is 0 Å². The molecule has 3 N–H and O–H groups in total. The van der Waals surface area contributed by atoms with Crippen molar-refractivity contribution in [1.29, 1.82) is 0 Å². The Morgan fingerprint density at radius 2 is 1.44 bits per heavy atom. The highest BCUT2D eigenvalue weighted by Gasteiger charge is 2.26. The maximum absolute atomic E-state index is 12.6. The van der Waals surface area contributed by atoms with Crippen LogP contribution in [0.5, 0.6) is 0 Å². The minimum Gasteiger partial charge on any atom is -0.370 e. The molecule has 0 aromatic rings. The average molecular weight is 381 g/mol. The molecule has 2 saturated heterocycles. The van der Waals surface area contributed by atoms with E-state index in [1.807, 2.05) is 9.80 Å². The van der Waals surface area contributed by atoms with Crippen LogP contribution in [0, 0.1) is 0 Å². The first-order valence-electron chi connectivity index (χ1n) is 10.7. The van der Waals surface area contributed by atoms with E-state index in [2.05, 4.69) is 5.32 Å². The number of piperidine rings is 1. The molecule has 0 saturated carbocycles. The van der Waals surface area contributed by atoms with Crippen LogP contribution in [-0.4, -0.2) is 66.3 Å². The van der Waals surface area contributed by atoms with Gasteiger partial charge in [0.25, 0.3) is 0 Å². The molecule has 7 heteroatoms. The summed E-state index contributed by atoms with van der Waals surface area (Å²) in [5, 5.41) is 3.31. The topological polar surface area (TPSA) is 95.7 Å². The van der Waals surface area contributed by atoms with E-state index in [4.69, 9.17) is 5.73 Å². The van der Waals surface area contributed by atoms with E-state index in [-0.39, 0.29) is 30.2 Å². The van der Waals surface area contributed by atoms with Crippen LogP contribution in [0.1, 0.15) is 70.6 Å². The number of nitrogens with one attached hydrogen (secondary N) is 1. The van der Waals surface area contributed by atoms with Crippen LogP contribution in [0.4, 0.5) is 0 Å². The number of carbonyl (C=O) groups is 3. The summed E-state index contributed by atoms with van der Waals surface area (Å²) >= 11 is 0. The second-order valence-electron chi connectivity index (χ2n) is 7.80. The molecule has 3 amide bonds. The van der Waals surface area contributed by atoms with E-state index in [9.17, 15) is 14.4 Å². The summed E-state index contributed by atoms with van der Waals surface area (Å²) in [6.07, 6.45) is 9.70. The molecule has 7 nitrogen and oxygen atoms in total. The van der Waals surface area contributed by atoms with Crippen molar-refractivity contribution < 1.29 is 14.4 Å². The van der Waals surface area contributed by atoms with Crippen LogP contribution in [0.15, 0.2) is 0 Å². The molecule has 1 atom stereocenters. The predicted octanol–water partition coefficient (Wildman–Crippen LogP) is 1.41. The van der Waals surface area contributed by atoms with Crippen LogP contribution in [0.2, 0.25) is 0 Å². The number of unbranched alkanes of at least 4 members (excludes halogenated alkanes) is 2. The SMILES string of the molecule is NC(=O)CCC(NCCCCCC(=O)N1CCCCC1)C(=O)N1CCCC1. The van der Waals surface area contributed by atoms with Crippen molar-refractivity contribution in [3.63, 3.8) is 0 Å². The quantitative estimate of drug-likeness (QED) is 0.530. The lowest BCUT2D eigenvalue weighted by atomic mass is 10.1. The van der Waals surface area contributed by atoms with Gasteiger partial charge in [-0.2, -0.15) is 0 Å². The van der Waals surface area contributed by atoms with Crippen molar-refractivity contribution in [1.82, 2.24) is 15.1 Å². The maximum atomic E-state index is 12.6. The summed E-state index contributed by atoms with van der Waals surface area (Å²) in [6, 6.07) is -0.328. The summed E-state index contributed by atoms with van der Waals surface area (Å²) in [5.41, 5.74) is 5.25. The number of amides is 3. The first kappa shape index (κ1) is 21.7. The Bertz CT molecular complexity index is 486. The highest BCUT2D eigenvalue weighted by molar-refractivity contribution is 5.83. The molecule has 2 aliphatic heterocycles. The third-order valence-electron chi connectivity index (χ3n) is 5.56. The molecule has 0 aromatic heterocycles. The van der Waals surface area contributed by atoms with E-state index in [1.54, 1.807) is 0 Å². The van der Waals surface area contributed by atoms with Gasteiger partial charge in [-0.3, -0.25) is 14.4 Å². The van der Waals surface area contributed by atoms with Gasteiger partial charge in [-0.25, -0.2) is 0 Å². The Kier molecular flexibility index (Phi) is 9.59. The fraction of sp³-hybridized carbons (Fsp3) is 0.850. The van der Waals surface area contributed by atoms with Crippen LogP contribution in [0.25, 0.3) is 0 Å². The highest BCUT2D eigenvalue weighted by Crippen LogP contribution is 2.13. The van der Waals surface area contributed by atoms with E-state index in [0.29, 0.717) is 12.8 Å². The monoisotopic (exact) mass is 380 g/mol.